The molecule has 1 saturated heterocycles. The molecule has 7 nitrogen and oxygen atoms in total. The van der Waals surface area contributed by atoms with Gasteiger partial charge in [0, 0.05) is 30.2 Å². The normalized spacial score (nSPS) is 16.0. The van der Waals surface area contributed by atoms with Crippen LogP contribution in [0.15, 0.2) is 37.7 Å². The first-order valence-electron chi connectivity index (χ1n) is 7.76. The lowest BCUT2D eigenvalue weighted by atomic mass is 10.2. The van der Waals surface area contributed by atoms with Crippen LogP contribution >= 0.6 is 23.1 Å². The van der Waals surface area contributed by atoms with Crippen LogP contribution in [0.2, 0.25) is 0 Å². The number of hydrogen-bond acceptors (Lipinski definition) is 7. The molecule has 0 N–H and O–H groups in total. The van der Waals surface area contributed by atoms with Gasteiger partial charge in [-0.3, -0.25) is 10.1 Å². The van der Waals surface area contributed by atoms with E-state index >= 15 is 0 Å². The first-order valence-corrected chi connectivity index (χ1v) is 10.9. The molecule has 1 aromatic carbocycles. The molecule has 1 aromatic heterocycles. The van der Waals surface area contributed by atoms with Crippen LogP contribution in [0.25, 0.3) is 0 Å². The number of rotatable bonds is 5. The van der Waals surface area contributed by atoms with Crippen molar-refractivity contribution in [2.75, 3.05) is 13.1 Å². The van der Waals surface area contributed by atoms with Gasteiger partial charge < -0.3 is 0 Å². The second-order valence-corrected chi connectivity index (χ2v) is 9.79. The fourth-order valence-corrected chi connectivity index (χ4v) is 6.03. The highest BCUT2D eigenvalue weighted by molar-refractivity contribution is 8.01. The molecule has 3 rings (SSSR count). The highest BCUT2D eigenvalue weighted by Gasteiger charge is 2.28. The number of sulfonamides is 1. The monoisotopic (exact) mass is 399 g/mol. The van der Waals surface area contributed by atoms with Gasteiger partial charge in [-0.25, -0.2) is 13.4 Å². The zero-order valence-electron chi connectivity index (χ0n) is 13.5. The van der Waals surface area contributed by atoms with E-state index < -0.39 is 14.9 Å². The standard InChI is InChI=1S/C15H17N3O4S3/c1-11-10-23-15(16-11)24-14-6-5-12(9-13(14)18(19)20)25(21,22)17-7-3-2-4-8-17/h5-6,9-10H,2-4,7-8H2,1H3. The third-order valence-electron chi connectivity index (χ3n) is 3.88. The van der Waals surface area contributed by atoms with Gasteiger partial charge in [0.15, 0.2) is 4.34 Å². The molecule has 0 bridgehead atoms. The Labute approximate surface area is 154 Å². The van der Waals surface area contributed by atoms with Crippen molar-refractivity contribution in [3.63, 3.8) is 0 Å². The van der Waals surface area contributed by atoms with Gasteiger partial charge >= 0.3 is 0 Å². The molecule has 2 aromatic rings. The molecule has 134 valence electrons. The summed E-state index contributed by atoms with van der Waals surface area (Å²) in [7, 11) is -3.70. The maximum atomic E-state index is 12.7. The van der Waals surface area contributed by atoms with Crippen LogP contribution in [0.1, 0.15) is 25.0 Å². The first kappa shape index (κ1) is 18.3. The van der Waals surface area contributed by atoms with E-state index in [4.69, 9.17) is 0 Å². The molecule has 0 saturated carbocycles. The lowest BCUT2D eigenvalue weighted by Crippen LogP contribution is -2.35. The molecule has 2 heterocycles. The van der Waals surface area contributed by atoms with Crippen LogP contribution in [0.5, 0.6) is 0 Å². The van der Waals surface area contributed by atoms with E-state index in [1.54, 1.807) is 0 Å². The van der Waals surface area contributed by atoms with E-state index in [1.165, 1.54) is 39.5 Å². The van der Waals surface area contributed by atoms with Gasteiger partial charge in [-0.05, 0) is 31.9 Å². The molecule has 1 aliphatic heterocycles. The second kappa shape index (κ2) is 7.40. The number of thiazole rings is 1. The Bertz CT molecular complexity index is 889. The van der Waals surface area contributed by atoms with Crippen LogP contribution in [-0.2, 0) is 10.0 Å². The summed E-state index contributed by atoms with van der Waals surface area (Å²) >= 11 is 2.58. The fourth-order valence-electron chi connectivity index (χ4n) is 2.61. The van der Waals surface area contributed by atoms with E-state index in [2.05, 4.69) is 4.98 Å². The minimum Gasteiger partial charge on any atom is -0.258 e. The zero-order valence-corrected chi connectivity index (χ0v) is 16.0. The van der Waals surface area contributed by atoms with Crippen molar-refractivity contribution in [1.82, 2.24) is 9.29 Å². The summed E-state index contributed by atoms with van der Waals surface area (Å²) in [5.41, 5.74) is 0.635. The molecule has 1 aliphatic rings. The molecule has 10 heteroatoms. The zero-order chi connectivity index (χ0) is 18.0. The highest BCUT2D eigenvalue weighted by atomic mass is 32.2. The molecule has 0 spiro atoms. The Morgan fingerprint density at radius 2 is 2.00 bits per heavy atom. The summed E-state index contributed by atoms with van der Waals surface area (Å²) < 4.78 is 27.5. The second-order valence-electron chi connectivity index (χ2n) is 5.71. The van der Waals surface area contributed by atoms with Crippen LogP contribution in [0.3, 0.4) is 0 Å². The number of benzene rings is 1. The van der Waals surface area contributed by atoms with Gasteiger partial charge in [-0.1, -0.05) is 18.2 Å². The molecular weight excluding hydrogens is 382 g/mol. The topological polar surface area (TPSA) is 93.4 Å². The molecule has 0 aliphatic carbocycles. The molecule has 0 amide bonds. The number of hydrogen-bond donors (Lipinski definition) is 0. The molecule has 25 heavy (non-hydrogen) atoms. The third kappa shape index (κ3) is 4.02. The van der Waals surface area contributed by atoms with Crippen molar-refractivity contribution in [1.29, 1.82) is 0 Å². The largest absolute Gasteiger partial charge is 0.284 e. The number of aryl methyl sites for hydroxylation is 1. The van der Waals surface area contributed by atoms with Crippen molar-refractivity contribution in [2.24, 2.45) is 0 Å². The first-order chi connectivity index (χ1) is 11.9. The van der Waals surface area contributed by atoms with Crippen molar-refractivity contribution in [2.45, 2.75) is 40.3 Å². The Balaban J connectivity index is 1.94. The molecule has 0 radical (unpaired) electrons. The average Bonchev–Trinajstić information content (AvgIpc) is 3.00. The molecular formula is C15H17N3O4S3. The molecule has 0 unspecified atom stereocenters. The number of aromatic nitrogens is 1. The summed E-state index contributed by atoms with van der Waals surface area (Å²) in [6.07, 6.45) is 2.65. The van der Waals surface area contributed by atoms with Crippen LogP contribution in [0, 0.1) is 17.0 Å². The van der Waals surface area contributed by atoms with Crippen LogP contribution in [0.4, 0.5) is 5.69 Å². The van der Waals surface area contributed by atoms with Crippen LogP contribution in [-0.4, -0.2) is 35.7 Å². The van der Waals surface area contributed by atoms with Gasteiger partial charge in [0.2, 0.25) is 10.0 Å². The molecule has 0 atom stereocenters. The van der Waals surface area contributed by atoms with Crippen molar-refractivity contribution in [3.8, 4) is 0 Å². The minimum atomic E-state index is -3.70. The molecule has 1 fully saturated rings. The maximum absolute atomic E-state index is 12.7. The Kier molecular flexibility index (Phi) is 5.42. The summed E-state index contributed by atoms with van der Waals surface area (Å²) in [6, 6.07) is 4.10. The smallest absolute Gasteiger partial charge is 0.258 e. The fraction of sp³-hybridized carbons (Fsp3) is 0.400. The van der Waals surface area contributed by atoms with E-state index in [-0.39, 0.29) is 10.6 Å². The SMILES string of the molecule is Cc1csc(Sc2ccc(S(=O)(=O)N3CCCCC3)cc2[N+](=O)[O-])n1. The third-order valence-corrected chi connectivity index (χ3v) is 7.89. The lowest BCUT2D eigenvalue weighted by molar-refractivity contribution is -0.388. The summed E-state index contributed by atoms with van der Waals surface area (Å²) in [5, 5.41) is 13.3. The van der Waals surface area contributed by atoms with Gasteiger partial charge in [0.05, 0.1) is 14.7 Å². The number of nitro benzene ring substituents is 1. The van der Waals surface area contributed by atoms with Gasteiger partial charge in [0.25, 0.3) is 5.69 Å². The van der Waals surface area contributed by atoms with Gasteiger partial charge in [-0.15, -0.1) is 11.3 Å². The van der Waals surface area contributed by atoms with Crippen molar-refractivity contribution in [3.05, 3.63) is 39.4 Å². The quantitative estimate of drug-likeness (QED) is 0.562. The highest BCUT2D eigenvalue weighted by Crippen LogP contribution is 2.38. The van der Waals surface area contributed by atoms with Crippen molar-refractivity contribution < 1.29 is 13.3 Å². The Morgan fingerprint density at radius 1 is 1.28 bits per heavy atom. The Hall–Kier alpha value is -1.49. The van der Waals surface area contributed by atoms with E-state index in [0.29, 0.717) is 22.3 Å². The number of nitrogens with zero attached hydrogens (tertiary/aromatic N) is 3. The Morgan fingerprint density at radius 3 is 2.60 bits per heavy atom. The summed E-state index contributed by atoms with van der Waals surface area (Å²) in [4.78, 5) is 15.5. The predicted molar refractivity (Wildman–Crippen MR) is 96.7 cm³/mol. The average molecular weight is 400 g/mol. The van der Waals surface area contributed by atoms with Crippen LogP contribution < -0.4 is 0 Å². The predicted octanol–water partition coefficient (Wildman–Crippen LogP) is 3.69. The maximum Gasteiger partial charge on any atom is 0.284 e. The van der Waals surface area contributed by atoms with E-state index in [0.717, 1.165) is 31.0 Å². The summed E-state index contributed by atoms with van der Waals surface area (Å²) in [6.45, 7) is 2.78. The number of piperidine rings is 1. The van der Waals surface area contributed by atoms with Gasteiger partial charge in [0.1, 0.15) is 0 Å². The van der Waals surface area contributed by atoms with Crippen molar-refractivity contribution >= 4 is 38.8 Å². The van der Waals surface area contributed by atoms with Gasteiger partial charge in [-0.2, -0.15) is 4.31 Å². The van der Waals surface area contributed by atoms with E-state index in [1.807, 2.05) is 12.3 Å². The minimum absolute atomic E-state index is 0.0271. The summed E-state index contributed by atoms with van der Waals surface area (Å²) in [5.74, 6) is 0. The number of nitro groups is 1. The van der Waals surface area contributed by atoms with E-state index in [9.17, 15) is 18.5 Å². The lowest BCUT2D eigenvalue weighted by Gasteiger charge is -2.25.